The van der Waals surface area contributed by atoms with Crippen LogP contribution in [0.3, 0.4) is 0 Å². The van der Waals surface area contributed by atoms with E-state index in [-0.39, 0.29) is 17.5 Å². The Balaban J connectivity index is 1.68. The minimum Gasteiger partial charge on any atom is -0.419 e. The Morgan fingerprint density at radius 3 is 2.47 bits per heavy atom. The quantitative estimate of drug-likeness (QED) is 0.347. The summed E-state index contributed by atoms with van der Waals surface area (Å²) < 4.78 is 12.7. The van der Waals surface area contributed by atoms with Gasteiger partial charge in [0, 0.05) is 36.0 Å². The van der Waals surface area contributed by atoms with Crippen LogP contribution in [0.25, 0.3) is 0 Å². The number of fused-ring (bicyclic) bond motifs is 3. The number of hydrogen-bond acceptors (Lipinski definition) is 6. The van der Waals surface area contributed by atoms with Gasteiger partial charge < -0.3 is 19.4 Å². The third kappa shape index (κ3) is 6.02. The molecule has 7 nitrogen and oxygen atoms in total. The van der Waals surface area contributed by atoms with Gasteiger partial charge in [-0.2, -0.15) is 0 Å². The van der Waals surface area contributed by atoms with Gasteiger partial charge in [0.2, 0.25) is 5.75 Å². The Labute approximate surface area is 220 Å². The fourth-order valence-corrected chi connectivity index (χ4v) is 5.13. The van der Waals surface area contributed by atoms with Crippen molar-refractivity contribution < 1.29 is 19.1 Å². The number of carbonyl (C=O) groups excluding carboxylic acids is 2. The molecule has 0 bridgehead atoms. The van der Waals surface area contributed by atoms with Crippen LogP contribution in [0.4, 0.5) is 0 Å². The van der Waals surface area contributed by atoms with E-state index in [9.17, 15) is 14.4 Å². The SMILES string of the molecule is CCCCCCn1c2c(c3c(c1=O)OC(=O)/C=C/C(=O)O3)C(NCCc1ccc(Cl)c(Cl)c1)CCC2. The second-order valence-electron chi connectivity index (χ2n) is 9.11. The third-order valence-electron chi connectivity index (χ3n) is 6.57. The number of unbranched alkanes of at least 4 members (excludes halogenated alkanes) is 3. The van der Waals surface area contributed by atoms with Crippen molar-refractivity contribution in [2.24, 2.45) is 0 Å². The van der Waals surface area contributed by atoms with Gasteiger partial charge in [-0.05, 0) is 56.3 Å². The number of halogens is 2. The molecule has 0 amide bonds. The summed E-state index contributed by atoms with van der Waals surface area (Å²) in [6.45, 7) is 3.28. The van der Waals surface area contributed by atoms with Crippen molar-refractivity contribution in [3.63, 3.8) is 0 Å². The second kappa shape index (κ2) is 12.1. The highest BCUT2D eigenvalue weighted by molar-refractivity contribution is 6.42. The summed E-state index contributed by atoms with van der Waals surface area (Å²) >= 11 is 12.2. The predicted molar refractivity (Wildman–Crippen MR) is 139 cm³/mol. The first kappa shape index (κ1) is 26.5. The molecule has 1 atom stereocenters. The number of carbonyl (C=O) groups is 2. The highest BCUT2D eigenvalue weighted by Gasteiger charge is 2.34. The molecule has 2 aliphatic rings. The molecule has 0 saturated carbocycles. The lowest BCUT2D eigenvalue weighted by molar-refractivity contribution is -0.133. The van der Waals surface area contributed by atoms with Crippen LogP contribution in [0.5, 0.6) is 11.5 Å². The van der Waals surface area contributed by atoms with Crippen LogP contribution in [-0.4, -0.2) is 23.1 Å². The number of benzene rings is 1. The molecule has 192 valence electrons. The van der Waals surface area contributed by atoms with E-state index in [0.29, 0.717) is 36.0 Å². The molecule has 1 aliphatic heterocycles. The monoisotopic (exact) mass is 532 g/mol. The number of ether oxygens (including phenoxy) is 2. The van der Waals surface area contributed by atoms with Crippen molar-refractivity contribution in [2.45, 2.75) is 70.9 Å². The molecule has 36 heavy (non-hydrogen) atoms. The number of rotatable bonds is 9. The lowest BCUT2D eigenvalue weighted by Gasteiger charge is -2.31. The minimum atomic E-state index is -0.776. The number of esters is 2. The van der Waals surface area contributed by atoms with Crippen molar-refractivity contribution in [2.75, 3.05) is 6.54 Å². The predicted octanol–water partition coefficient (Wildman–Crippen LogP) is 5.33. The van der Waals surface area contributed by atoms with E-state index >= 15 is 0 Å². The Hall–Kier alpha value is -2.61. The molecule has 0 radical (unpaired) electrons. The first-order valence-electron chi connectivity index (χ1n) is 12.5. The molecule has 0 saturated heterocycles. The third-order valence-corrected chi connectivity index (χ3v) is 7.31. The van der Waals surface area contributed by atoms with Gasteiger partial charge in [-0.15, -0.1) is 0 Å². The maximum Gasteiger partial charge on any atom is 0.336 e. The molecule has 2 heterocycles. The highest BCUT2D eigenvalue weighted by atomic mass is 35.5. The van der Waals surface area contributed by atoms with E-state index in [1.54, 1.807) is 10.6 Å². The van der Waals surface area contributed by atoms with Crippen LogP contribution >= 0.6 is 23.2 Å². The zero-order valence-electron chi connectivity index (χ0n) is 20.3. The molecule has 0 spiro atoms. The zero-order chi connectivity index (χ0) is 25.7. The van der Waals surface area contributed by atoms with E-state index in [4.69, 9.17) is 32.7 Å². The average Bonchev–Trinajstić information content (AvgIpc) is 2.85. The summed E-state index contributed by atoms with van der Waals surface area (Å²) in [6, 6.07) is 5.37. The van der Waals surface area contributed by atoms with E-state index in [2.05, 4.69) is 12.2 Å². The fourth-order valence-electron chi connectivity index (χ4n) is 4.81. The second-order valence-corrected chi connectivity index (χ2v) is 9.92. The summed E-state index contributed by atoms with van der Waals surface area (Å²) in [5.74, 6) is -1.66. The first-order chi connectivity index (χ1) is 17.4. The normalized spacial score (nSPS) is 17.9. The van der Waals surface area contributed by atoms with Gasteiger partial charge in [0.1, 0.15) is 0 Å². The van der Waals surface area contributed by atoms with Crippen LogP contribution in [0.2, 0.25) is 10.0 Å². The van der Waals surface area contributed by atoms with Gasteiger partial charge in [-0.25, -0.2) is 9.59 Å². The van der Waals surface area contributed by atoms with Crippen LogP contribution < -0.4 is 20.3 Å². The Morgan fingerprint density at radius 2 is 1.75 bits per heavy atom. The molecule has 4 rings (SSSR count). The zero-order valence-corrected chi connectivity index (χ0v) is 21.8. The molecule has 9 heteroatoms. The van der Waals surface area contributed by atoms with Gasteiger partial charge in [0.05, 0.1) is 10.0 Å². The first-order valence-corrected chi connectivity index (χ1v) is 13.2. The molecule has 1 N–H and O–H groups in total. The van der Waals surface area contributed by atoms with Crippen LogP contribution in [0, 0.1) is 0 Å². The Kier molecular flexibility index (Phi) is 8.88. The van der Waals surface area contributed by atoms with Gasteiger partial charge in [0.25, 0.3) is 5.56 Å². The smallest absolute Gasteiger partial charge is 0.336 e. The van der Waals surface area contributed by atoms with E-state index < -0.39 is 17.5 Å². The summed E-state index contributed by atoms with van der Waals surface area (Å²) in [5, 5.41) is 4.57. The molecule has 1 unspecified atom stereocenters. The van der Waals surface area contributed by atoms with Crippen LogP contribution in [-0.2, 0) is 29.0 Å². The number of aromatic nitrogens is 1. The number of nitrogens with zero attached hydrogens (tertiary/aromatic N) is 1. The molecular weight excluding hydrogens is 503 g/mol. The minimum absolute atomic E-state index is 0.0502. The standard InChI is InChI=1S/C27H30Cl2N2O5/c1-2-3-4-5-15-31-21-8-6-7-20(30-14-13-17-9-10-18(28)19(29)16-17)24(21)25-26(27(31)34)36-23(33)12-11-22(32)35-25/h9-12,16,20,30H,2-8,13-15H2,1H3/b12-11+. The highest BCUT2D eigenvalue weighted by Crippen LogP contribution is 2.41. The number of pyridine rings is 1. The molecule has 1 aromatic carbocycles. The topological polar surface area (TPSA) is 86.6 Å². The van der Waals surface area contributed by atoms with Crippen molar-refractivity contribution in [1.29, 1.82) is 0 Å². The maximum atomic E-state index is 13.5. The molecule has 0 fully saturated rings. The van der Waals surface area contributed by atoms with Crippen molar-refractivity contribution in [1.82, 2.24) is 9.88 Å². The van der Waals surface area contributed by atoms with E-state index in [1.807, 2.05) is 12.1 Å². The van der Waals surface area contributed by atoms with E-state index in [0.717, 1.165) is 67.5 Å². The molecular formula is C27H30Cl2N2O5. The number of hydrogen-bond donors (Lipinski definition) is 1. The lowest BCUT2D eigenvalue weighted by Crippen LogP contribution is -2.35. The van der Waals surface area contributed by atoms with Gasteiger partial charge >= 0.3 is 11.9 Å². The van der Waals surface area contributed by atoms with Crippen molar-refractivity contribution in [3.8, 4) is 11.5 Å². The average molecular weight is 533 g/mol. The maximum absolute atomic E-state index is 13.5. The van der Waals surface area contributed by atoms with Crippen LogP contribution in [0.1, 0.15) is 68.3 Å². The van der Waals surface area contributed by atoms with Crippen molar-refractivity contribution >= 4 is 35.1 Å². The molecule has 2 aromatic rings. The summed E-state index contributed by atoms with van der Waals surface area (Å²) in [6.07, 6.45) is 9.04. The fraction of sp³-hybridized carbons (Fsp3) is 0.444. The largest absolute Gasteiger partial charge is 0.419 e. The Bertz CT molecular complexity index is 1240. The molecule has 1 aromatic heterocycles. The summed E-state index contributed by atoms with van der Waals surface area (Å²) in [7, 11) is 0. The van der Waals surface area contributed by atoms with Crippen LogP contribution in [0.15, 0.2) is 35.1 Å². The van der Waals surface area contributed by atoms with Gasteiger partial charge in [-0.3, -0.25) is 4.79 Å². The molecule has 1 aliphatic carbocycles. The Morgan fingerprint density at radius 1 is 1.00 bits per heavy atom. The van der Waals surface area contributed by atoms with Gasteiger partial charge in [0.15, 0.2) is 5.75 Å². The van der Waals surface area contributed by atoms with E-state index in [1.165, 1.54) is 0 Å². The summed E-state index contributed by atoms with van der Waals surface area (Å²) in [4.78, 5) is 38.1. The lowest BCUT2D eigenvalue weighted by atomic mass is 9.89. The van der Waals surface area contributed by atoms with Crippen molar-refractivity contribution in [3.05, 3.63) is 67.6 Å². The van der Waals surface area contributed by atoms with Gasteiger partial charge in [-0.1, -0.05) is 55.5 Å². The summed E-state index contributed by atoms with van der Waals surface area (Å²) in [5.41, 5.74) is 2.15. The number of nitrogens with one attached hydrogen (secondary N) is 1.